The van der Waals surface area contributed by atoms with Gasteiger partial charge in [-0.15, -0.1) is 0 Å². The first-order valence-corrected chi connectivity index (χ1v) is 30.9. The minimum atomic E-state index is -4.96. The van der Waals surface area contributed by atoms with Crippen molar-refractivity contribution in [3.8, 4) is 33.4 Å². The zero-order chi connectivity index (χ0) is 39.7. The van der Waals surface area contributed by atoms with E-state index in [9.17, 15) is 0 Å². The molecule has 3 aliphatic carbocycles. The second-order valence-corrected chi connectivity index (χ2v) is 38.4. The first-order chi connectivity index (χ1) is 26.6. The Balaban J connectivity index is 1.53. The number of hydrogen-bond acceptors (Lipinski definition) is 0. The monoisotopic (exact) mass is 788 g/mol. The van der Waals surface area contributed by atoms with Crippen LogP contribution in [0.3, 0.4) is 0 Å². The van der Waals surface area contributed by atoms with Gasteiger partial charge in [0.05, 0.1) is 0 Å². The van der Waals surface area contributed by atoms with Crippen LogP contribution in [-0.4, -0.2) is 5.11 Å². The van der Waals surface area contributed by atoms with Gasteiger partial charge in [0.25, 0.3) is 0 Å². The third kappa shape index (κ3) is 6.15. The van der Waals surface area contributed by atoms with Gasteiger partial charge < -0.3 is 0 Å². The third-order valence-corrected chi connectivity index (χ3v) is 36.9. The van der Waals surface area contributed by atoms with Gasteiger partial charge in [-0.3, -0.25) is 0 Å². The zero-order valence-corrected chi connectivity index (χ0v) is 39.0. The van der Waals surface area contributed by atoms with Crippen LogP contribution in [-0.2, 0) is 30.4 Å². The number of rotatable bonds is 7. The molecule has 56 heavy (non-hydrogen) atoms. The summed E-state index contributed by atoms with van der Waals surface area (Å²) < 4.78 is 4.79. The molecule has 3 aliphatic rings. The van der Waals surface area contributed by atoms with Gasteiger partial charge in [0.15, 0.2) is 0 Å². The van der Waals surface area contributed by atoms with Crippen LogP contribution in [0.15, 0.2) is 131 Å². The van der Waals surface area contributed by atoms with Crippen molar-refractivity contribution in [1.29, 1.82) is 0 Å². The van der Waals surface area contributed by atoms with Crippen molar-refractivity contribution in [3.05, 3.63) is 153 Å². The van der Waals surface area contributed by atoms with Crippen molar-refractivity contribution >= 4 is 13.4 Å². The van der Waals surface area contributed by atoms with Crippen molar-refractivity contribution in [2.75, 3.05) is 0 Å². The van der Waals surface area contributed by atoms with Crippen molar-refractivity contribution in [3.63, 3.8) is 0 Å². The second-order valence-electron chi connectivity index (χ2n) is 21.4. The topological polar surface area (TPSA) is 0 Å². The minimum absolute atomic E-state index is 0.0194. The molecule has 0 aromatic heterocycles. The van der Waals surface area contributed by atoms with Gasteiger partial charge in [-0.05, 0) is 0 Å². The van der Waals surface area contributed by atoms with Gasteiger partial charge in [-0.2, -0.15) is 0 Å². The molecule has 0 amide bonds. The van der Waals surface area contributed by atoms with Crippen LogP contribution in [0.25, 0.3) is 33.4 Å². The molecule has 0 spiro atoms. The Labute approximate surface area is 339 Å². The van der Waals surface area contributed by atoms with Crippen molar-refractivity contribution < 1.29 is 13.1 Å². The summed E-state index contributed by atoms with van der Waals surface area (Å²) in [5, 5.41) is 7.04. The van der Waals surface area contributed by atoms with Crippen LogP contribution >= 0.6 is 0 Å². The van der Waals surface area contributed by atoms with E-state index in [2.05, 4.69) is 184 Å². The first kappa shape index (κ1) is 38.9. The molecular formula is C55H64Zn. The summed E-state index contributed by atoms with van der Waals surface area (Å²) >= 11 is -4.96. The van der Waals surface area contributed by atoms with Gasteiger partial charge in [-0.1, -0.05) is 0 Å². The SMILES string of the molecule is [CH2]=[Zn]([CH2]C)([C]1=CC(C2(C)CCCCC2)=CC1C)([c]1ccccc1)[c]1c2c(cc(C(C)(C)C)c1-c1ccccc1)-c1cc(C(C)(C)C)c(-c3ccccc3)cc1C2. The molecule has 5 aromatic rings. The van der Waals surface area contributed by atoms with E-state index in [1.807, 2.05) is 0 Å². The van der Waals surface area contributed by atoms with Crippen LogP contribution in [0.5, 0.6) is 0 Å². The third-order valence-electron chi connectivity index (χ3n) is 16.0. The Morgan fingerprint density at radius 3 is 1.80 bits per heavy atom. The van der Waals surface area contributed by atoms with Crippen LogP contribution in [0, 0.1) is 11.3 Å². The number of fused-ring (bicyclic) bond motifs is 3. The summed E-state index contributed by atoms with van der Waals surface area (Å²) in [7, 11) is 0. The van der Waals surface area contributed by atoms with E-state index in [0.29, 0.717) is 5.92 Å². The predicted octanol–water partition coefficient (Wildman–Crippen LogP) is 14.1. The molecule has 0 heterocycles. The number of hydrogen-bond donors (Lipinski definition) is 0. The van der Waals surface area contributed by atoms with E-state index in [4.69, 9.17) is 5.11 Å². The van der Waals surface area contributed by atoms with Crippen LogP contribution < -0.4 is 8.32 Å². The molecule has 0 nitrogen and oxygen atoms in total. The van der Waals surface area contributed by atoms with Gasteiger partial charge in [0.1, 0.15) is 0 Å². The van der Waals surface area contributed by atoms with Gasteiger partial charge >= 0.3 is 341 Å². The van der Waals surface area contributed by atoms with Crippen LogP contribution in [0.1, 0.15) is 117 Å². The maximum absolute atomic E-state index is 5.98. The fraction of sp³-hybridized carbons (Fsp3) is 0.364. The molecule has 0 saturated heterocycles. The standard InChI is InChI=1S/C33H33.C13H19.C6H5.C2H5.CH2.Zn/c1-32(2,3)30-20-26-24(18-28(30)22-13-9-7-10-14-22)17-25-19-29(23-15-11-8-12-16-23)31(21-27(25)26)33(4,5)6;1-11-6-7-12(10-11)13(2)8-4-3-5-9-13;1-2-4-6-5-3-1;1-2;;/h7-16,18,20-21H,17H2,1-6H3;7,10-11H,3-5,8-9H2,1-2H3;1-5H;1H2,2H3;1H2;. The molecule has 8 rings (SSSR count). The zero-order valence-electron chi connectivity index (χ0n) is 36.0. The summed E-state index contributed by atoms with van der Waals surface area (Å²) in [4.78, 5) is 0. The van der Waals surface area contributed by atoms with E-state index >= 15 is 0 Å². The molecule has 0 aliphatic heterocycles. The molecule has 5 aromatic carbocycles. The molecule has 0 N–H and O–H groups in total. The predicted molar refractivity (Wildman–Crippen MR) is 243 cm³/mol. The molecular weight excluding hydrogens is 726 g/mol. The maximum atomic E-state index is 5.98. The van der Waals surface area contributed by atoms with Crippen LogP contribution in [0.2, 0.25) is 5.02 Å². The summed E-state index contributed by atoms with van der Waals surface area (Å²) in [5.74, 6) is 0.342. The Hall–Kier alpha value is -3.93. The summed E-state index contributed by atoms with van der Waals surface area (Å²) in [5.41, 5.74) is 15.9. The van der Waals surface area contributed by atoms with Gasteiger partial charge in [0, 0.05) is 0 Å². The van der Waals surface area contributed by atoms with Gasteiger partial charge in [0.2, 0.25) is 0 Å². The molecule has 0 bridgehead atoms. The molecule has 286 valence electrons. The fourth-order valence-corrected chi connectivity index (χ4v) is 32.3. The molecule has 0 radical (unpaired) electrons. The molecule has 1 unspecified atom stereocenters. The molecule has 1 atom stereocenters. The first-order valence-electron chi connectivity index (χ1n) is 22.2. The average Bonchev–Trinajstić information content (AvgIpc) is 3.78. The Kier molecular flexibility index (Phi) is 9.64. The van der Waals surface area contributed by atoms with Gasteiger partial charge in [-0.25, -0.2) is 0 Å². The second kappa shape index (κ2) is 13.9. The number of benzene rings is 5. The van der Waals surface area contributed by atoms with Crippen molar-refractivity contribution in [2.24, 2.45) is 11.3 Å². The molecule has 1 fully saturated rings. The number of allylic oxidation sites excluding steroid dienone is 4. The van der Waals surface area contributed by atoms with E-state index in [-0.39, 0.29) is 16.2 Å². The summed E-state index contributed by atoms with van der Waals surface area (Å²) in [6.07, 6.45) is 13.0. The van der Waals surface area contributed by atoms with E-state index < -0.39 is 13.1 Å². The summed E-state index contributed by atoms with van der Waals surface area (Å²) in [6.45, 7) is 22.0. The molecule has 1 saturated carbocycles. The van der Waals surface area contributed by atoms with Crippen molar-refractivity contribution in [2.45, 2.75) is 117 Å². The van der Waals surface area contributed by atoms with E-state index in [0.717, 1.165) is 11.4 Å². The van der Waals surface area contributed by atoms with E-state index in [1.54, 1.807) is 13.9 Å². The van der Waals surface area contributed by atoms with Crippen LogP contribution in [0.4, 0.5) is 0 Å². The van der Waals surface area contributed by atoms with E-state index in [1.165, 1.54) is 91.9 Å². The molecule has 1 heteroatoms. The normalized spacial score (nSPS) is 17.8. The fourth-order valence-electron chi connectivity index (χ4n) is 12.7. The summed E-state index contributed by atoms with van der Waals surface area (Å²) in [6, 6.07) is 42.1. The van der Waals surface area contributed by atoms with Crippen molar-refractivity contribution in [1.82, 2.24) is 0 Å². The quantitative estimate of drug-likeness (QED) is 0.141. The Morgan fingerprint density at radius 1 is 0.679 bits per heavy atom. The average molecular weight is 791 g/mol. The Morgan fingerprint density at radius 2 is 1.23 bits per heavy atom. The Bertz CT molecular complexity index is 2420.